The van der Waals surface area contributed by atoms with Crippen molar-refractivity contribution in [2.45, 2.75) is 67.9 Å². The number of carbonyl (C=O) groups excluding carboxylic acids is 2. The quantitative estimate of drug-likeness (QED) is 0.204. The van der Waals surface area contributed by atoms with E-state index in [1.165, 1.54) is 6.08 Å². The third-order valence-electron chi connectivity index (χ3n) is 12.4. The number of benzene rings is 1. The molecule has 3 saturated heterocycles. The highest BCUT2D eigenvalue weighted by atomic mass is 35.5. The van der Waals surface area contributed by atoms with Crippen molar-refractivity contribution in [1.82, 2.24) is 14.7 Å². The second kappa shape index (κ2) is 15.5. The van der Waals surface area contributed by atoms with Crippen LogP contribution in [0, 0.1) is 23.7 Å². The van der Waals surface area contributed by atoms with E-state index in [0.29, 0.717) is 50.4 Å². The lowest BCUT2D eigenvalue weighted by molar-refractivity contribution is -0.144. The third-order valence-corrected chi connectivity index (χ3v) is 12.7. The van der Waals surface area contributed by atoms with Crippen molar-refractivity contribution < 1.29 is 41.4 Å². The summed E-state index contributed by atoms with van der Waals surface area (Å²) in [6.45, 7) is 2.27. The number of hydrogen-bond donors (Lipinski definition) is 0. The molecule has 6 atom stereocenters. The van der Waals surface area contributed by atoms with E-state index >= 15 is 4.39 Å². The van der Waals surface area contributed by atoms with Gasteiger partial charge in [0, 0.05) is 75.7 Å². The molecule has 13 heteroatoms. The number of piperidine rings is 1. The Morgan fingerprint density at radius 3 is 2.25 bits per heavy atom. The zero-order valence-corrected chi connectivity index (χ0v) is 30.4. The van der Waals surface area contributed by atoms with Crippen LogP contribution >= 0.6 is 11.6 Å². The van der Waals surface area contributed by atoms with Gasteiger partial charge in [-0.25, -0.2) is 4.39 Å². The number of amides is 1. The van der Waals surface area contributed by atoms with Gasteiger partial charge in [0.25, 0.3) is 5.91 Å². The molecule has 0 N–H and O–H groups in total. The maximum atomic E-state index is 18.0. The summed E-state index contributed by atoms with van der Waals surface area (Å²) in [5.74, 6) is -1.94. The van der Waals surface area contributed by atoms with Crippen molar-refractivity contribution in [3.05, 3.63) is 53.6 Å². The Bertz CT molecular complexity index is 1460. The largest absolute Gasteiger partial charge is 0.497 e. The van der Waals surface area contributed by atoms with Gasteiger partial charge >= 0.3 is 6.18 Å². The SMILES string of the molecule is COC[C@H]1CN(C(=O)[C@]2(F)CN(C3(COC)CCCC3)C[C@H]2c2ccc(OC)cc2)C[C@H]1C1C=CC(C(F)(F)F)=CC1N1CCC(C(=O)Cl)CC1. The summed E-state index contributed by atoms with van der Waals surface area (Å²) in [5, 5.41) is -0.425. The molecule has 1 amide bonds. The fourth-order valence-electron chi connectivity index (χ4n) is 9.64. The fourth-order valence-corrected chi connectivity index (χ4v) is 9.86. The van der Waals surface area contributed by atoms with Crippen molar-refractivity contribution in [1.29, 1.82) is 0 Å². The number of rotatable bonds is 11. The van der Waals surface area contributed by atoms with Crippen molar-refractivity contribution >= 4 is 22.8 Å². The summed E-state index contributed by atoms with van der Waals surface area (Å²) in [6.07, 6.45) is 4.15. The first kappa shape index (κ1) is 38.2. The van der Waals surface area contributed by atoms with Gasteiger partial charge in [0.1, 0.15) is 5.75 Å². The van der Waals surface area contributed by atoms with Crippen LogP contribution in [0.1, 0.15) is 50.0 Å². The standard InChI is InChI=1S/C38H50ClF4N3O5/c1-49-22-27-19-45(20-31(27)30-11-8-28(38(41,42)43)18-33(30)44-16-12-26(13-17-44)34(39)47)35(48)37(40)23-46(36(24-50-2)14-4-5-15-36)21-32(37)25-6-9-29(51-3)10-7-25/h6-11,18,26-27,30-33H,4-5,12-17,19-24H2,1-3H3/t27-,30?,31-,32+,33?,37+/m1/s1. The molecule has 1 aromatic rings. The van der Waals surface area contributed by atoms with Gasteiger partial charge in [0.05, 0.1) is 25.9 Å². The van der Waals surface area contributed by atoms with Gasteiger partial charge in [-0.2, -0.15) is 13.2 Å². The Morgan fingerprint density at radius 2 is 1.67 bits per heavy atom. The highest BCUT2D eigenvalue weighted by molar-refractivity contribution is 6.64. The summed E-state index contributed by atoms with van der Waals surface area (Å²) in [6, 6.07) is 6.61. The minimum Gasteiger partial charge on any atom is -0.497 e. The second-order valence-electron chi connectivity index (χ2n) is 15.2. The first-order valence-corrected chi connectivity index (χ1v) is 18.5. The molecule has 2 aliphatic carbocycles. The molecule has 0 aromatic heterocycles. The van der Waals surface area contributed by atoms with Gasteiger partial charge in [-0.15, -0.1) is 0 Å². The third kappa shape index (κ3) is 7.63. The zero-order valence-electron chi connectivity index (χ0n) is 29.7. The van der Waals surface area contributed by atoms with E-state index < -0.39 is 46.4 Å². The monoisotopic (exact) mass is 739 g/mol. The van der Waals surface area contributed by atoms with Crippen molar-refractivity contribution in [2.24, 2.45) is 23.7 Å². The molecule has 3 heterocycles. The summed E-state index contributed by atoms with van der Waals surface area (Å²) in [7, 11) is 4.79. The Hall–Kier alpha value is -2.51. The topological polar surface area (TPSA) is 71.6 Å². The van der Waals surface area contributed by atoms with Crippen LogP contribution in [0.5, 0.6) is 5.75 Å². The van der Waals surface area contributed by atoms with Crippen LogP contribution in [0.15, 0.2) is 48.1 Å². The summed E-state index contributed by atoms with van der Waals surface area (Å²) >= 11 is 5.78. The number of methoxy groups -OCH3 is 3. The first-order chi connectivity index (χ1) is 24.3. The van der Waals surface area contributed by atoms with E-state index in [1.54, 1.807) is 44.4 Å². The number of alkyl halides is 4. The van der Waals surface area contributed by atoms with Gasteiger partial charge in [-0.1, -0.05) is 43.2 Å². The number of hydrogen-bond acceptors (Lipinski definition) is 7. The summed E-state index contributed by atoms with van der Waals surface area (Å²) in [5.41, 5.74) is -2.61. The van der Waals surface area contributed by atoms with Crippen LogP contribution in [-0.4, -0.2) is 123 Å². The van der Waals surface area contributed by atoms with Crippen LogP contribution < -0.4 is 4.74 Å². The van der Waals surface area contributed by atoms with E-state index in [4.69, 9.17) is 25.8 Å². The molecule has 0 spiro atoms. The molecular formula is C38H50ClF4N3O5. The normalized spacial score (nSPS) is 32.0. The average Bonchev–Trinajstić information content (AvgIpc) is 3.86. The van der Waals surface area contributed by atoms with E-state index in [0.717, 1.165) is 31.8 Å². The highest BCUT2D eigenvalue weighted by Gasteiger charge is 2.60. The van der Waals surface area contributed by atoms with E-state index in [2.05, 4.69) is 4.90 Å². The summed E-state index contributed by atoms with van der Waals surface area (Å²) in [4.78, 5) is 32.3. The van der Waals surface area contributed by atoms with Crippen LogP contribution in [0.2, 0.25) is 0 Å². The average molecular weight is 740 g/mol. The minimum absolute atomic E-state index is 0.0696. The molecule has 3 aliphatic heterocycles. The zero-order chi connectivity index (χ0) is 36.6. The summed E-state index contributed by atoms with van der Waals surface area (Å²) < 4.78 is 76.8. The van der Waals surface area contributed by atoms with Gasteiger partial charge in [0.15, 0.2) is 0 Å². The fraction of sp³-hybridized carbons (Fsp3) is 0.684. The Morgan fingerprint density at radius 1 is 0.980 bits per heavy atom. The molecule has 5 aliphatic rings. The van der Waals surface area contributed by atoms with Crippen molar-refractivity contribution in [3.63, 3.8) is 0 Å². The number of nitrogens with zero attached hydrogens (tertiary/aromatic N) is 3. The molecule has 1 saturated carbocycles. The lowest BCUT2D eigenvalue weighted by atomic mass is 9.75. The highest BCUT2D eigenvalue weighted by Crippen LogP contribution is 2.49. The van der Waals surface area contributed by atoms with Crippen molar-refractivity contribution in [2.75, 3.05) is 73.8 Å². The van der Waals surface area contributed by atoms with E-state index in [-0.39, 0.29) is 49.5 Å². The molecule has 6 rings (SSSR count). The van der Waals surface area contributed by atoms with Gasteiger partial charge < -0.3 is 19.1 Å². The van der Waals surface area contributed by atoms with Crippen molar-refractivity contribution in [3.8, 4) is 5.75 Å². The number of halogens is 5. The number of allylic oxidation sites excluding steroid dienone is 2. The first-order valence-electron chi connectivity index (χ1n) is 18.1. The molecule has 1 aromatic carbocycles. The molecule has 4 fully saturated rings. The predicted molar refractivity (Wildman–Crippen MR) is 185 cm³/mol. The van der Waals surface area contributed by atoms with Gasteiger partial charge in [0.2, 0.25) is 10.9 Å². The molecule has 2 unspecified atom stereocenters. The maximum absolute atomic E-state index is 18.0. The van der Waals surface area contributed by atoms with Crippen LogP contribution in [0.3, 0.4) is 0 Å². The van der Waals surface area contributed by atoms with Gasteiger partial charge in [-0.05, 0) is 74.0 Å². The Kier molecular flexibility index (Phi) is 11.6. The smallest absolute Gasteiger partial charge is 0.416 e. The molecule has 0 bridgehead atoms. The minimum atomic E-state index is -4.53. The maximum Gasteiger partial charge on any atom is 0.416 e. The number of ether oxygens (including phenoxy) is 3. The van der Waals surface area contributed by atoms with E-state index in [9.17, 15) is 22.8 Å². The second-order valence-corrected chi connectivity index (χ2v) is 15.6. The van der Waals surface area contributed by atoms with Crippen LogP contribution in [0.4, 0.5) is 17.6 Å². The number of carbonyl (C=O) groups is 2. The molecular weight excluding hydrogens is 690 g/mol. The van der Waals surface area contributed by atoms with Gasteiger partial charge in [-0.3, -0.25) is 19.4 Å². The lowest BCUT2D eigenvalue weighted by Gasteiger charge is -2.43. The molecule has 282 valence electrons. The predicted octanol–water partition coefficient (Wildman–Crippen LogP) is 6.00. The molecule has 8 nitrogen and oxygen atoms in total. The van der Waals surface area contributed by atoms with Crippen LogP contribution in [0.25, 0.3) is 0 Å². The molecule has 0 radical (unpaired) electrons. The van der Waals surface area contributed by atoms with E-state index in [1.807, 2.05) is 17.0 Å². The lowest BCUT2D eigenvalue weighted by Crippen LogP contribution is -2.53. The Labute approximate surface area is 303 Å². The number of likely N-dealkylation sites (tertiary alicyclic amines) is 3. The molecule has 51 heavy (non-hydrogen) atoms. The Balaban J connectivity index is 1.30. The van der Waals surface area contributed by atoms with Crippen LogP contribution in [-0.2, 0) is 19.1 Å².